The molecule has 1 N–H and O–H groups in total. The summed E-state index contributed by atoms with van der Waals surface area (Å²) in [6.45, 7) is 1.02. The minimum Gasteiger partial charge on any atom is -0.350 e. The number of para-hydroxylation sites is 1. The van der Waals surface area contributed by atoms with Crippen LogP contribution in [0.3, 0.4) is 0 Å². The van der Waals surface area contributed by atoms with Crippen LogP contribution in [0.4, 0.5) is 4.39 Å². The normalized spacial score (nSPS) is 13.7. The van der Waals surface area contributed by atoms with Gasteiger partial charge < -0.3 is 9.47 Å². The second kappa shape index (κ2) is 6.34. The van der Waals surface area contributed by atoms with Crippen molar-refractivity contribution in [1.82, 2.24) is 19.7 Å². The Hall–Kier alpha value is -3.41. The summed E-state index contributed by atoms with van der Waals surface area (Å²) in [4.78, 5) is 15.1. The molecule has 5 rings (SSSR count). The maximum Gasteiger partial charge on any atom is 0.256 e. The summed E-state index contributed by atoms with van der Waals surface area (Å²) in [5.41, 5.74) is 4.63. The number of benzene rings is 2. The highest BCUT2D eigenvalue weighted by molar-refractivity contribution is 6.07. The van der Waals surface area contributed by atoms with Crippen molar-refractivity contribution >= 4 is 16.8 Å². The van der Waals surface area contributed by atoms with Crippen LogP contribution in [0, 0.1) is 5.82 Å². The molecule has 0 spiro atoms. The van der Waals surface area contributed by atoms with E-state index in [4.69, 9.17) is 0 Å². The molecule has 6 heteroatoms. The van der Waals surface area contributed by atoms with Crippen molar-refractivity contribution in [3.63, 3.8) is 0 Å². The predicted molar refractivity (Wildman–Crippen MR) is 105 cm³/mol. The minimum atomic E-state index is -0.311. The van der Waals surface area contributed by atoms with Crippen LogP contribution in [0.1, 0.15) is 21.6 Å². The monoisotopic (exact) mass is 374 g/mol. The van der Waals surface area contributed by atoms with Gasteiger partial charge in [-0.15, -0.1) is 0 Å². The molecule has 0 unspecified atom stereocenters. The van der Waals surface area contributed by atoms with Gasteiger partial charge in [0.25, 0.3) is 5.91 Å². The molecule has 4 aromatic rings. The van der Waals surface area contributed by atoms with E-state index in [1.807, 2.05) is 47.0 Å². The second-order valence-corrected chi connectivity index (χ2v) is 7.16. The molecule has 0 atom stereocenters. The fraction of sp³-hybridized carbons (Fsp3) is 0.182. The number of aromatic nitrogens is 3. The van der Waals surface area contributed by atoms with Crippen molar-refractivity contribution in [3.8, 4) is 11.3 Å². The Bertz CT molecular complexity index is 1210. The number of nitrogens with zero attached hydrogens (tertiary/aromatic N) is 3. The van der Waals surface area contributed by atoms with E-state index >= 15 is 0 Å². The lowest BCUT2D eigenvalue weighted by Gasteiger charge is -2.27. The van der Waals surface area contributed by atoms with Crippen LogP contribution in [-0.4, -0.2) is 32.1 Å². The number of hydrogen-bond acceptors (Lipinski definition) is 2. The van der Waals surface area contributed by atoms with Crippen molar-refractivity contribution in [2.24, 2.45) is 7.05 Å². The third kappa shape index (κ3) is 2.52. The van der Waals surface area contributed by atoms with Gasteiger partial charge in [0.2, 0.25) is 0 Å². The summed E-state index contributed by atoms with van der Waals surface area (Å²) < 4.78 is 16.3. The van der Waals surface area contributed by atoms with E-state index in [1.54, 1.807) is 18.2 Å². The Kier molecular flexibility index (Phi) is 3.79. The van der Waals surface area contributed by atoms with Crippen molar-refractivity contribution in [2.75, 3.05) is 6.54 Å². The smallest absolute Gasteiger partial charge is 0.256 e. The van der Waals surface area contributed by atoms with E-state index in [9.17, 15) is 9.18 Å². The average Bonchev–Trinajstić information content (AvgIpc) is 3.29. The molecule has 1 aliphatic heterocycles. The first-order valence-electron chi connectivity index (χ1n) is 9.28. The summed E-state index contributed by atoms with van der Waals surface area (Å²) in [6.07, 6.45) is 2.56. The van der Waals surface area contributed by atoms with Gasteiger partial charge in [-0.3, -0.25) is 9.89 Å². The summed E-state index contributed by atoms with van der Waals surface area (Å²) in [7, 11) is 1.94. The zero-order chi connectivity index (χ0) is 19.3. The number of halogens is 1. The molecule has 2 aromatic carbocycles. The van der Waals surface area contributed by atoms with Crippen molar-refractivity contribution in [2.45, 2.75) is 13.0 Å². The summed E-state index contributed by atoms with van der Waals surface area (Å²) in [6, 6.07) is 14.5. The topological polar surface area (TPSA) is 53.9 Å². The van der Waals surface area contributed by atoms with Gasteiger partial charge in [0.1, 0.15) is 11.5 Å². The summed E-state index contributed by atoms with van der Waals surface area (Å²) in [5, 5.41) is 8.32. The lowest BCUT2D eigenvalue weighted by molar-refractivity contribution is 0.0736. The third-order valence-electron chi connectivity index (χ3n) is 5.48. The molecule has 1 aliphatic rings. The highest BCUT2D eigenvalue weighted by Crippen LogP contribution is 2.31. The number of hydrogen-bond donors (Lipinski definition) is 1. The largest absolute Gasteiger partial charge is 0.350 e. The number of H-pyrrole nitrogens is 1. The van der Waals surface area contributed by atoms with Gasteiger partial charge in [0, 0.05) is 60.5 Å². The molecule has 1 amide bonds. The van der Waals surface area contributed by atoms with Crippen LogP contribution < -0.4 is 0 Å². The Labute approximate surface area is 161 Å². The number of amides is 1. The molecule has 3 heterocycles. The van der Waals surface area contributed by atoms with E-state index < -0.39 is 0 Å². The Morgan fingerprint density at radius 3 is 2.79 bits per heavy atom. The minimum absolute atomic E-state index is 0.0110. The first-order valence-corrected chi connectivity index (χ1v) is 9.28. The van der Waals surface area contributed by atoms with Crippen LogP contribution in [0.15, 0.2) is 54.7 Å². The number of carbonyl (C=O) groups is 1. The van der Waals surface area contributed by atoms with Crippen LogP contribution in [-0.2, 0) is 20.0 Å². The number of nitrogens with one attached hydrogen (secondary N) is 1. The molecular formula is C22H19FN4O. The second-order valence-electron chi connectivity index (χ2n) is 7.16. The predicted octanol–water partition coefficient (Wildman–Crippen LogP) is 3.91. The standard InChI is InChI=1S/C22H19FN4O/c1-26-12-16(14-6-3-5-9-20(14)26)22(28)27-11-10-19-17(13-27)21(25-24-19)15-7-2-4-8-18(15)23/h2-9,12H,10-11,13H2,1H3,(H,24,25). The maximum atomic E-state index is 14.3. The average molecular weight is 374 g/mol. The van der Waals surface area contributed by atoms with Crippen LogP contribution in [0.25, 0.3) is 22.2 Å². The molecule has 5 nitrogen and oxygen atoms in total. The van der Waals surface area contributed by atoms with Gasteiger partial charge in [-0.25, -0.2) is 4.39 Å². The Balaban J connectivity index is 1.51. The molecule has 28 heavy (non-hydrogen) atoms. The summed E-state index contributed by atoms with van der Waals surface area (Å²) in [5.74, 6) is -0.322. The van der Waals surface area contributed by atoms with E-state index in [2.05, 4.69) is 10.2 Å². The lowest BCUT2D eigenvalue weighted by atomic mass is 10.00. The first-order chi connectivity index (χ1) is 13.6. The fourth-order valence-corrected chi connectivity index (χ4v) is 4.03. The van der Waals surface area contributed by atoms with Gasteiger partial charge in [0.15, 0.2) is 0 Å². The zero-order valence-electron chi connectivity index (χ0n) is 15.4. The Morgan fingerprint density at radius 2 is 1.93 bits per heavy atom. The quantitative estimate of drug-likeness (QED) is 0.578. The molecule has 0 bridgehead atoms. The SMILES string of the molecule is Cn1cc(C(=O)N2CCc3[nH]nc(-c4ccccc4F)c3C2)c2ccccc21. The highest BCUT2D eigenvalue weighted by atomic mass is 19.1. The lowest BCUT2D eigenvalue weighted by Crippen LogP contribution is -2.35. The van der Waals surface area contributed by atoms with E-state index in [0.717, 1.165) is 22.2 Å². The molecule has 0 saturated heterocycles. The molecular weight excluding hydrogens is 355 g/mol. The van der Waals surface area contributed by atoms with Gasteiger partial charge in [0.05, 0.1) is 5.56 Å². The number of carbonyl (C=O) groups excluding carboxylic acids is 1. The molecule has 0 radical (unpaired) electrons. The van der Waals surface area contributed by atoms with Crippen molar-refractivity contribution in [3.05, 3.63) is 77.4 Å². The molecule has 0 saturated carbocycles. The number of aromatic amines is 1. The maximum absolute atomic E-state index is 14.3. The first kappa shape index (κ1) is 16.7. The van der Waals surface area contributed by atoms with Gasteiger partial charge in [-0.1, -0.05) is 30.3 Å². The molecule has 0 fully saturated rings. The zero-order valence-corrected chi connectivity index (χ0v) is 15.4. The molecule has 140 valence electrons. The fourth-order valence-electron chi connectivity index (χ4n) is 4.03. The van der Waals surface area contributed by atoms with E-state index in [0.29, 0.717) is 36.3 Å². The number of aryl methyl sites for hydroxylation is 1. The summed E-state index contributed by atoms with van der Waals surface area (Å²) >= 11 is 0. The van der Waals surface area contributed by atoms with Crippen molar-refractivity contribution < 1.29 is 9.18 Å². The van der Waals surface area contributed by atoms with Crippen LogP contribution >= 0.6 is 0 Å². The number of fused-ring (bicyclic) bond motifs is 2. The molecule has 2 aromatic heterocycles. The van der Waals surface area contributed by atoms with Crippen molar-refractivity contribution in [1.29, 1.82) is 0 Å². The number of rotatable bonds is 2. The van der Waals surface area contributed by atoms with E-state index in [-0.39, 0.29) is 11.7 Å². The van der Waals surface area contributed by atoms with Crippen LogP contribution in [0.2, 0.25) is 0 Å². The van der Waals surface area contributed by atoms with Gasteiger partial charge in [-0.2, -0.15) is 5.10 Å². The third-order valence-corrected chi connectivity index (χ3v) is 5.48. The highest BCUT2D eigenvalue weighted by Gasteiger charge is 2.28. The van der Waals surface area contributed by atoms with Crippen LogP contribution in [0.5, 0.6) is 0 Å². The van der Waals surface area contributed by atoms with Gasteiger partial charge in [-0.05, 0) is 18.2 Å². The Morgan fingerprint density at radius 1 is 1.14 bits per heavy atom. The van der Waals surface area contributed by atoms with Gasteiger partial charge >= 0.3 is 0 Å². The molecule has 0 aliphatic carbocycles. The van der Waals surface area contributed by atoms with E-state index in [1.165, 1.54) is 6.07 Å².